The standard InChI is InChI=1S/C11H17NO2/c1-13-7-8-14-9-11(12)10-5-3-2-4-6-10/h2-6,11H,7-9,12H2,1H3. The third-order valence-corrected chi connectivity index (χ3v) is 1.96. The van der Waals surface area contributed by atoms with Gasteiger partial charge in [-0.2, -0.15) is 0 Å². The van der Waals surface area contributed by atoms with E-state index >= 15 is 0 Å². The van der Waals surface area contributed by atoms with Crippen LogP contribution in [0.2, 0.25) is 0 Å². The number of methoxy groups -OCH3 is 1. The fourth-order valence-corrected chi connectivity index (χ4v) is 1.15. The van der Waals surface area contributed by atoms with Crippen molar-refractivity contribution in [3.63, 3.8) is 0 Å². The van der Waals surface area contributed by atoms with Gasteiger partial charge in [0.05, 0.1) is 25.9 Å². The highest BCUT2D eigenvalue weighted by Gasteiger charge is 2.04. The number of hydrogen-bond acceptors (Lipinski definition) is 3. The molecule has 0 aromatic heterocycles. The molecule has 1 atom stereocenters. The number of ether oxygens (including phenoxy) is 2. The smallest absolute Gasteiger partial charge is 0.0701 e. The minimum atomic E-state index is -0.0481. The highest BCUT2D eigenvalue weighted by atomic mass is 16.5. The molecular weight excluding hydrogens is 178 g/mol. The van der Waals surface area contributed by atoms with E-state index in [4.69, 9.17) is 15.2 Å². The molecule has 0 saturated carbocycles. The molecule has 0 heterocycles. The number of rotatable bonds is 6. The van der Waals surface area contributed by atoms with E-state index in [-0.39, 0.29) is 6.04 Å². The van der Waals surface area contributed by atoms with Gasteiger partial charge in [0.2, 0.25) is 0 Å². The van der Waals surface area contributed by atoms with Crippen molar-refractivity contribution in [3.8, 4) is 0 Å². The molecule has 0 spiro atoms. The molecule has 14 heavy (non-hydrogen) atoms. The number of benzene rings is 1. The van der Waals surface area contributed by atoms with Gasteiger partial charge in [0.15, 0.2) is 0 Å². The maximum atomic E-state index is 5.91. The molecule has 1 aromatic rings. The molecule has 1 rings (SSSR count). The summed E-state index contributed by atoms with van der Waals surface area (Å²) in [4.78, 5) is 0. The Morgan fingerprint density at radius 2 is 1.93 bits per heavy atom. The van der Waals surface area contributed by atoms with Crippen LogP contribution >= 0.6 is 0 Å². The van der Waals surface area contributed by atoms with Crippen LogP contribution in [0.1, 0.15) is 11.6 Å². The summed E-state index contributed by atoms with van der Waals surface area (Å²) in [6.45, 7) is 1.74. The van der Waals surface area contributed by atoms with E-state index in [1.807, 2.05) is 30.3 Å². The Morgan fingerprint density at radius 1 is 1.21 bits per heavy atom. The van der Waals surface area contributed by atoms with Crippen LogP contribution in [0, 0.1) is 0 Å². The van der Waals surface area contributed by atoms with Crippen molar-refractivity contribution in [1.29, 1.82) is 0 Å². The summed E-state index contributed by atoms with van der Waals surface area (Å²) in [6.07, 6.45) is 0. The Hall–Kier alpha value is -0.900. The van der Waals surface area contributed by atoms with Crippen molar-refractivity contribution in [3.05, 3.63) is 35.9 Å². The van der Waals surface area contributed by atoms with E-state index in [1.54, 1.807) is 7.11 Å². The SMILES string of the molecule is COCCOCC(N)c1ccccc1. The molecule has 3 heteroatoms. The van der Waals surface area contributed by atoms with Crippen molar-refractivity contribution < 1.29 is 9.47 Å². The molecule has 0 amide bonds. The van der Waals surface area contributed by atoms with Gasteiger partial charge < -0.3 is 15.2 Å². The maximum absolute atomic E-state index is 5.91. The summed E-state index contributed by atoms with van der Waals surface area (Å²) in [5, 5.41) is 0. The summed E-state index contributed by atoms with van der Waals surface area (Å²) in [5.74, 6) is 0. The number of hydrogen-bond donors (Lipinski definition) is 1. The van der Waals surface area contributed by atoms with Crippen molar-refractivity contribution in [1.82, 2.24) is 0 Å². The molecular formula is C11H17NO2. The Balaban J connectivity index is 2.25. The molecule has 2 N–H and O–H groups in total. The largest absolute Gasteiger partial charge is 0.382 e. The summed E-state index contributed by atoms with van der Waals surface area (Å²) in [7, 11) is 1.65. The molecule has 1 unspecified atom stereocenters. The Labute approximate surface area is 84.8 Å². The minimum absolute atomic E-state index is 0.0481. The van der Waals surface area contributed by atoms with Crippen molar-refractivity contribution in [2.45, 2.75) is 6.04 Å². The van der Waals surface area contributed by atoms with E-state index in [0.29, 0.717) is 19.8 Å². The van der Waals surface area contributed by atoms with Crippen LogP contribution in [0.25, 0.3) is 0 Å². The molecule has 0 aliphatic carbocycles. The molecule has 1 aromatic carbocycles. The predicted octanol–water partition coefficient (Wildman–Crippen LogP) is 1.35. The third kappa shape index (κ3) is 3.87. The first-order valence-corrected chi connectivity index (χ1v) is 4.72. The lowest BCUT2D eigenvalue weighted by Crippen LogP contribution is -2.18. The van der Waals surface area contributed by atoms with Gasteiger partial charge in [-0.3, -0.25) is 0 Å². The summed E-state index contributed by atoms with van der Waals surface area (Å²) >= 11 is 0. The van der Waals surface area contributed by atoms with Crippen molar-refractivity contribution in [2.24, 2.45) is 5.73 Å². The lowest BCUT2D eigenvalue weighted by molar-refractivity contribution is 0.0636. The topological polar surface area (TPSA) is 44.5 Å². The van der Waals surface area contributed by atoms with Gasteiger partial charge in [-0.1, -0.05) is 30.3 Å². The fraction of sp³-hybridized carbons (Fsp3) is 0.455. The predicted molar refractivity (Wildman–Crippen MR) is 56.1 cm³/mol. The molecule has 0 radical (unpaired) electrons. The minimum Gasteiger partial charge on any atom is -0.382 e. The zero-order valence-corrected chi connectivity index (χ0v) is 8.48. The summed E-state index contributed by atoms with van der Waals surface area (Å²) in [6, 6.07) is 9.89. The quantitative estimate of drug-likeness (QED) is 0.697. The van der Waals surface area contributed by atoms with Crippen LogP contribution in [0.3, 0.4) is 0 Å². The lowest BCUT2D eigenvalue weighted by atomic mass is 10.1. The van der Waals surface area contributed by atoms with Gasteiger partial charge in [-0.15, -0.1) is 0 Å². The number of nitrogens with two attached hydrogens (primary N) is 1. The third-order valence-electron chi connectivity index (χ3n) is 1.96. The van der Waals surface area contributed by atoms with Crippen LogP contribution in [0.15, 0.2) is 30.3 Å². The van der Waals surface area contributed by atoms with Gasteiger partial charge >= 0.3 is 0 Å². The first kappa shape index (κ1) is 11.2. The molecule has 0 saturated heterocycles. The zero-order chi connectivity index (χ0) is 10.2. The van der Waals surface area contributed by atoms with Crippen LogP contribution < -0.4 is 5.73 Å². The second-order valence-electron chi connectivity index (χ2n) is 3.08. The second kappa shape index (κ2) is 6.54. The Bertz CT molecular complexity index is 238. The monoisotopic (exact) mass is 195 g/mol. The molecule has 0 aliphatic rings. The van der Waals surface area contributed by atoms with Gasteiger partial charge in [-0.05, 0) is 5.56 Å². The van der Waals surface area contributed by atoms with E-state index in [1.165, 1.54) is 0 Å². The molecule has 3 nitrogen and oxygen atoms in total. The normalized spacial score (nSPS) is 12.7. The van der Waals surface area contributed by atoms with Gasteiger partial charge in [0, 0.05) is 7.11 Å². The summed E-state index contributed by atoms with van der Waals surface area (Å²) < 4.78 is 10.2. The first-order chi connectivity index (χ1) is 6.84. The van der Waals surface area contributed by atoms with E-state index < -0.39 is 0 Å². The average Bonchev–Trinajstić information content (AvgIpc) is 2.25. The highest BCUT2D eigenvalue weighted by Crippen LogP contribution is 2.09. The Morgan fingerprint density at radius 3 is 2.57 bits per heavy atom. The second-order valence-corrected chi connectivity index (χ2v) is 3.08. The van der Waals surface area contributed by atoms with E-state index in [0.717, 1.165) is 5.56 Å². The maximum Gasteiger partial charge on any atom is 0.0701 e. The average molecular weight is 195 g/mol. The van der Waals surface area contributed by atoms with Gasteiger partial charge in [0.1, 0.15) is 0 Å². The van der Waals surface area contributed by atoms with Crippen LogP contribution in [0.4, 0.5) is 0 Å². The van der Waals surface area contributed by atoms with Gasteiger partial charge in [0.25, 0.3) is 0 Å². The van der Waals surface area contributed by atoms with Gasteiger partial charge in [-0.25, -0.2) is 0 Å². The fourth-order valence-electron chi connectivity index (χ4n) is 1.15. The van der Waals surface area contributed by atoms with Crippen LogP contribution in [-0.2, 0) is 9.47 Å². The van der Waals surface area contributed by atoms with Crippen molar-refractivity contribution >= 4 is 0 Å². The molecule has 78 valence electrons. The Kier molecular flexibility index (Phi) is 5.22. The zero-order valence-electron chi connectivity index (χ0n) is 8.48. The molecule has 0 fully saturated rings. The van der Waals surface area contributed by atoms with Crippen molar-refractivity contribution in [2.75, 3.05) is 26.9 Å². The summed E-state index contributed by atoms with van der Waals surface area (Å²) in [5.41, 5.74) is 7.01. The van der Waals surface area contributed by atoms with Crippen LogP contribution in [0.5, 0.6) is 0 Å². The first-order valence-electron chi connectivity index (χ1n) is 4.72. The van der Waals surface area contributed by atoms with E-state index in [9.17, 15) is 0 Å². The molecule has 0 aliphatic heterocycles. The lowest BCUT2D eigenvalue weighted by Gasteiger charge is -2.11. The van der Waals surface area contributed by atoms with Crippen LogP contribution in [-0.4, -0.2) is 26.9 Å². The highest BCUT2D eigenvalue weighted by molar-refractivity contribution is 5.18. The molecule has 0 bridgehead atoms. The van der Waals surface area contributed by atoms with E-state index in [2.05, 4.69) is 0 Å².